The number of ether oxygens (including phenoxy) is 2. The Hall–Kier alpha value is -2.70. The molecule has 0 spiro atoms. The van der Waals surface area contributed by atoms with Gasteiger partial charge in [0.1, 0.15) is 0 Å². The van der Waals surface area contributed by atoms with Crippen molar-refractivity contribution in [1.82, 2.24) is 0 Å². The Balaban J connectivity index is 0. The van der Waals surface area contributed by atoms with Gasteiger partial charge in [-0.2, -0.15) is 0 Å². The van der Waals surface area contributed by atoms with Gasteiger partial charge in [-0.05, 0) is 13.0 Å². The summed E-state index contributed by atoms with van der Waals surface area (Å²) in [6.45, 7) is 8.46. The van der Waals surface area contributed by atoms with Crippen LogP contribution in [0.5, 0.6) is 0 Å². The zero-order chi connectivity index (χ0) is 15.3. The number of hydrogen-bond acceptors (Lipinski definition) is 6. The SMILES string of the molecule is C=CC(=O)OCC.C=CC(N)=O.O=C1C=CC(=O)O1. The van der Waals surface area contributed by atoms with E-state index in [-0.39, 0.29) is 5.97 Å². The van der Waals surface area contributed by atoms with Gasteiger partial charge in [-0.1, -0.05) is 13.2 Å². The molecule has 0 saturated heterocycles. The smallest absolute Gasteiger partial charge is 0.338 e. The lowest BCUT2D eigenvalue weighted by Crippen LogP contribution is -2.04. The second-order valence-electron chi connectivity index (χ2n) is 2.64. The summed E-state index contributed by atoms with van der Waals surface area (Å²) in [6, 6.07) is 0. The molecule has 19 heavy (non-hydrogen) atoms. The van der Waals surface area contributed by atoms with E-state index < -0.39 is 17.8 Å². The zero-order valence-electron chi connectivity index (χ0n) is 10.5. The molecule has 104 valence electrons. The summed E-state index contributed by atoms with van der Waals surface area (Å²) >= 11 is 0. The van der Waals surface area contributed by atoms with Crippen LogP contribution in [-0.4, -0.2) is 30.4 Å². The minimum atomic E-state index is -0.579. The molecule has 1 rings (SSSR count). The van der Waals surface area contributed by atoms with E-state index in [0.717, 1.165) is 24.3 Å². The number of rotatable bonds is 3. The highest BCUT2D eigenvalue weighted by Crippen LogP contribution is 1.92. The van der Waals surface area contributed by atoms with Gasteiger partial charge in [-0.15, -0.1) is 0 Å². The number of cyclic esters (lactones) is 2. The van der Waals surface area contributed by atoms with E-state index in [1.54, 1.807) is 6.92 Å². The van der Waals surface area contributed by atoms with Gasteiger partial charge in [0.2, 0.25) is 5.91 Å². The zero-order valence-corrected chi connectivity index (χ0v) is 10.5. The second-order valence-corrected chi connectivity index (χ2v) is 2.64. The monoisotopic (exact) mass is 269 g/mol. The highest BCUT2D eigenvalue weighted by atomic mass is 16.6. The molecule has 0 atom stereocenters. The van der Waals surface area contributed by atoms with Crippen LogP contribution in [0.15, 0.2) is 37.5 Å². The van der Waals surface area contributed by atoms with Crippen molar-refractivity contribution >= 4 is 23.8 Å². The van der Waals surface area contributed by atoms with Crippen LogP contribution < -0.4 is 5.73 Å². The van der Waals surface area contributed by atoms with Gasteiger partial charge in [0.25, 0.3) is 0 Å². The average Bonchev–Trinajstić information content (AvgIpc) is 2.74. The van der Waals surface area contributed by atoms with Gasteiger partial charge in [-0.3, -0.25) is 4.79 Å². The Morgan fingerprint density at radius 3 is 1.79 bits per heavy atom. The molecule has 7 heteroatoms. The molecule has 1 aliphatic rings. The van der Waals surface area contributed by atoms with Gasteiger partial charge in [0, 0.05) is 18.2 Å². The highest BCUT2D eigenvalue weighted by molar-refractivity contribution is 6.04. The van der Waals surface area contributed by atoms with Crippen molar-refractivity contribution in [1.29, 1.82) is 0 Å². The number of primary amides is 1. The molecule has 0 fully saturated rings. The summed E-state index contributed by atoms with van der Waals surface area (Å²) in [5.41, 5.74) is 4.53. The molecule has 1 amide bonds. The van der Waals surface area contributed by atoms with Crippen molar-refractivity contribution in [3.63, 3.8) is 0 Å². The summed E-state index contributed by atoms with van der Waals surface area (Å²) in [6.07, 6.45) is 4.37. The van der Waals surface area contributed by atoms with Crippen molar-refractivity contribution in [2.45, 2.75) is 6.92 Å². The number of hydrogen-bond donors (Lipinski definition) is 1. The Labute approximate surface area is 110 Å². The maximum absolute atomic E-state index is 10.1. The van der Waals surface area contributed by atoms with Crippen molar-refractivity contribution < 1.29 is 28.7 Å². The van der Waals surface area contributed by atoms with Crippen LogP contribution in [0.4, 0.5) is 0 Å². The third kappa shape index (κ3) is 15.3. The first-order valence-corrected chi connectivity index (χ1v) is 5.02. The van der Waals surface area contributed by atoms with Crippen molar-refractivity contribution in [2.75, 3.05) is 6.61 Å². The predicted molar refractivity (Wildman–Crippen MR) is 66.5 cm³/mol. The molecule has 0 aliphatic carbocycles. The van der Waals surface area contributed by atoms with E-state index in [1.807, 2.05) is 0 Å². The first-order valence-electron chi connectivity index (χ1n) is 5.02. The normalized spacial score (nSPS) is 11.0. The van der Waals surface area contributed by atoms with Crippen LogP contribution in [0.2, 0.25) is 0 Å². The van der Waals surface area contributed by atoms with Crippen molar-refractivity contribution in [2.24, 2.45) is 5.73 Å². The molecule has 0 aromatic rings. The second kappa shape index (κ2) is 11.8. The van der Waals surface area contributed by atoms with E-state index in [0.29, 0.717) is 6.61 Å². The first kappa shape index (κ1) is 18.7. The average molecular weight is 269 g/mol. The van der Waals surface area contributed by atoms with Crippen LogP contribution in [0, 0.1) is 0 Å². The van der Waals surface area contributed by atoms with Gasteiger partial charge in [-0.25, -0.2) is 14.4 Å². The molecule has 0 bridgehead atoms. The molecule has 2 N–H and O–H groups in total. The van der Waals surface area contributed by atoms with E-state index in [9.17, 15) is 19.2 Å². The molecule has 0 saturated carbocycles. The maximum Gasteiger partial charge on any atom is 0.338 e. The van der Waals surface area contributed by atoms with E-state index in [2.05, 4.69) is 28.4 Å². The third-order valence-electron chi connectivity index (χ3n) is 1.21. The number of carbonyl (C=O) groups is 4. The lowest BCUT2D eigenvalue weighted by atomic mass is 10.6. The van der Waals surface area contributed by atoms with Gasteiger partial charge < -0.3 is 15.2 Å². The summed E-state index contributed by atoms with van der Waals surface area (Å²) < 4.78 is 8.41. The molecule has 0 unspecified atom stereocenters. The standard InChI is InChI=1S/C5H8O2.C4H2O3.C3H5NO/c1-3-5(6)7-4-2;5-3-1-2-4(6)7-3;1-2-3(4)5/h3H,1,4H2,2H3;1-2H;2H,1H2,(H2,4,5). The number of nitrogens with two attached hydrogens (primary N) is 1. The molecule has 0 aromatic carbocycles. The van der Waals surface area contributed by atoms with Gasteiger partial charge in [0.15, 0.2) is 0 Å². The van der Waals surface area contributed by atoms with Crippen LogP contribution in [0.25, 0.3) is 0 Å². The number of amides is 1. The van der Waals surface area contributed by atoms with Crippen LogP contribution in [-0.2, 0) is 28.7 Å². The minimum absolute atomic E-state index is 0.359. The molecular weight excluding hydrogens is 254 g/mol. The Morgan fingerprint density at radius 1 is 1.26 bits per heavy atom. The Bertz CT molecular complexity index is 381. The highest BCUT2D eigenvalue weighted by Gasteiger charge is 2.10. The molecule has 0 aromatic heterocycles. The fourth-order valence-corrected chi connectivity index (χ4v) is 0.504. The molecule has 7 nitrogen and oxygen atoms in total. The van der Waals surface area contributed by atoms with Crippen LogP contribution >= 0.6 is 0 Å². The maximum atomic E-state index is 10.1. The lowest BCUT2D eigenvalue weighted by molar-refractivity contribution is -0.150. The summed E-state index contributed by atoms with van der Waals surface area (Å²) in [5.74, 6) is -2.00. The molecule has 0 radical (unpaired) electrons. The molecule has 1 heterocycles. The van der Waals surface area contributed by atoms with Crippen LogP contribution in [0.1, 0.15) is 6.92 Å². The van der Waals surface area contributed by atoms with Gasteiger partial charge in [0.05, 0.1) is 6.61 Å². The summed E-state index contributed by atoms with van der Waals surface area (Å²) in [5, 5.41) is 0. The quantitative estimate of drug-likeness (QED) is 0.439. The number of esters is 3. The largest absolute Gasteiger partial charge is 0.463 e. The molecule has 1 aliphatic heterocycles. The first-order chi connectivity index (χ1) is 8.87. The topological polar surface area (TPSA) is 113 Å². The number of carbonyl (C=O) groups excluding carboxylic acids is 4. The van der Waals surface area contributed by atoms with Gasteiger partial charge >= 0.3 is 17.9 Å². The molecular formula is C12H15NO6. The summed E-state index contributed by atoms with van der Waals surface area (Å²) in [4.78, 5) is 39.4. The van der Waals surface area contributed by atoms with Crippen LogP contribution in [0.3, 0.4) is 0 Å². The van der Waals surface area contributed by atoms with Crippen molar-refractivity contribution in [3.8, 4) is 0 Å². The minimum Gasteiger partial charge on any atom is -0.463 e. The van der Waals surface area contributed by atoms with E-state index in [1.165, 1.54) is 0 Å². The van der Waals surface area contributed by atoms with Crippen molar-refractivity contribution in [3.05, 3.63) is 37.5 Å². The Morgan fingerprint density at radius 2 is 1.68 bits per heavy atom. The van der Waals surface area contributed by atoms with E-state index >= 15 is 0 Å². The predicted octanol–water partition coefficient (Wildman–Crippen LogP) is 0.0192. The Kier molecular flexibility index (Phi) is 11.6. The third-order valence-corrected chi connectivity index (χ3v) is 1.21. The summed E-state index contributed by atoms with van der Waals surface area (Å²) in [7, 11) is 0. The fraction of sp³-hybridized carbons (Fsp3) is 0.167. The van der Waals surface area contributed by atoms with E-state index in [4.69, 9.17) is 0 Å². The fourth-order valence-electron chi connectivity index (χ4n) is 0.504. The lowest BCUT2D eigenvalue weighted by Gasteiger charge is -1.90.